The number of rotatable bonds is 26. The van der Waals surface area contributed by atoms with E-state index in [0.29, 0.717) is 86.5 Å². The highest BCUT2D eigenvalue weighted by atomic mass is 16.5. The first-order chi connectivity index (χ1) is 44.1. The number of aliphatic hydroxyl groups excluding tert-OH is 1. The molecule has 0 radical (unpaired) electrons. The average molecular weight is 1250 g/mol. The van der Waals surface area contributed by atoms with Crippen molar-refractivity contribution < 1.29 is 52.7 Å². The van der Waals surface area contributed by atoms with E-state index >= 15 is 0 Å². The Balaban J connectivity index is 0.000000215. The van der Waals surface area contributed by atoms with Gasteiger partial charge >= 0.3 is 12.1 Å². The van der Waals surface area contributed by atoms with E-state index < -0.39 is 0 Å². The molecular formula is C72H92N8O11. The van der Waals surface area contributed by atoms with Crippen molar-refractivity contribution in [3.05, 3.63) is 145 Å². The second kappa shape index (κ2) is 31.5. The summed E-state index contributed by atoms with van der Waals surface area (Å²) in [4.78, 5) is 55.7. The first kappa shape index (κ1) is 66.9. The standard InChI is InChI=1S/C36H46N4O6.C36H46N4O5/c1-4-26(5-2)38-35(43)39-28-13-18-32(33(24-28)44-3)45-30-16-11-27(12-17-30)37-34(42)25-9-14-31(15-10-25)46-36-20-6-8-29(19-21-36)40(36)22-7-23-41;1-6-26(7-2)38-35(42)39-28-14-19-32(33(23-28)43-5)44-30-17-12-27(13-18-30)37-34(41)25-10-15-31(16-11-25)45-36-21-8-9-29(20-22-36)40(36)24(3)4/h9-18,24,26,29,41H,4-8,19-23H2,1-3H3,(H,37,42)(H2,38,39,43);10-19,23-24,26,29H,6-9,20-22H2,1-5H3,(H,37,41)(H2,38,39,42). The molecule has 4 saturated heterocycles. The number of carbonyl (C=O) groups is 4. The number of amides is 6. The normalized spacial score (nSPS) is 19.2. The molecule has 4 heterocycles. The number of anilines is 4. The number of hydrogen-bond donors (Lipinski definition) is 7. The summed E-state index contributed by atoms with van der Waals surface area (Å²) in [5.41, 5.74) is 2.99. The van der Waals surface area contributed by atoms with Crippen LogP contribution >= 0.6 is 0 Å². The first-order valence-electron chi connectivity index (χ1n) is 32.5. The Kier molecular flexibility index (Phi) is 23.1. The van der Waals surface area contributed by atoms with Gasteiger partial charge in [0, 0.05) is 115 Å². The molecule has 4 fully saturated rings. The van der Waals surface area contributed by atoms with E-state index in [9.17, 15) is 24.3 Å². The lowest BCUT2D eigenvalue weighted by Gasteiger charge is -2.46. The van der Waals surface area contributed by atoms with Crippen LogP contribution in [0.4, 0.5) is 32.3 Å². The summed E-state index contributed by atoms with van der Waals surface area (Å²) in [5, 5.41) is 26.9. The van der Waals surface area contributed by atoms with Crippen molar-refractivity contribution in [1.82, 2.24) is 20.4 Å². The van der Waals surface area contributed by atoms with E-state index in [1.807, 2.05) is 64.1 Å². The van der Waals surface area contributed by atoms with Crippen LogP contribution in [0.15, 0.2) is 133 Å². The highest BCUT2D eigenvalue weighted by molar-refractivity contribution is 6.05. The molecule has 19 heteroatoms. The summed E-state index contributed by atoms with van der Waals surface area (Å²) in [6.07, 6.45) is 15.3. The number of fused-ring (bicyclic) bond motifs is 4. The number of carbonyl (C=O) groups excluding carboxylic acids is 4. The van der Waals surface area contributed by atoms with Crippen molar-refractivity contribution in [2.24, 2.45) is 0 Å². The Bertz CT molecular complexity index is 3350. The lowest BCUT2D eigenvalue weighted by molar-refractivity contribution is -0.113. The zero-order valence-corrected chi connectivity index (χ0v) is 54.0. The van der Waals surface area contributed by atoms with Crippen LogP contribution in [0.2, 0.25) is 0 Å². The van der Waals surface area contributed by atoms with Crippen LogP contribution < -0.4 is 60.3 Å². The first-order valence-corrected chi connectivity index (χ1v) is 32.5. The van der Waals surface area contributed by atoms with Gasteiger partial charge in [0.1, 0.15) is 23.0 Å². The molecule has 486 valence electrons. The van der Waals surface area contributed by atoms with E-state index in [-0.39, 0.29) is 54.0 Å². The van der Waals surface area contributed by atoms with Crippen LogP contribution in [-0.2, 0) is 0 Å². The molecule has 4 aliphatic heterocycles. The van der Waals surface area contributed by atoms with Crippen molar-refractivity contribution >= 4 is 46.6 Å². The van der Waals surface area contributed by atoms with Gasteiger partial charge in [-0.1, -0.05) is 27.7 Å². The minimum atomic E-state index is -0.322. The monoisotopic (exact) mass is 1240 g/mol. The third-order valence-electron chi connectivity index (χ3n) is 17.9. The Morgan fingerprint density at radius 2 is 0.901 bits per heavy atom. The third kappa shape index (κ3) is 17.1. The number of methoxy groups -OCH3 is 2. The highest BCUT2D eigenvalue weighted by Crippen LogP contribution is 2.48. The van der Waals surface area contributed by atoms with E-state index in [1.165, 1.54) is 25.7 Å². The zero-order chi connectivity index (χ0) is 64.5. The van der Waals surface area contributed by atoms with E-state index in [4.69, 9.17) is 28.4 Å². The number of nitrogens with zero attached hydrogens (tertiary/aromatic N) is 2. The highest BCUT2D eigenvalue weighted by Gasteiger charge is 2.52. The van der Waals surface area contributed by atoms with Gasteiger partial charge in [-0.15, -0.1) is 0 Å². The van der Waals surface area contributed by atoms with Gasteiger partial charge in [0.25, 0.3) is 11.8 Å². The lowest BCUT2D eigenvalue weighted by atomic mass is 9.97. The summed E-state index contributed by atoms with van der Waals surface area (Å²) in [6, 6.07) is 40.6. The second-order valence-electron chi connectivity index (χ2n) is 24.2. The maximum Gasteiger partial charge on any atom is 0.319 e. The number of urea groups is 2. The average Bonchev–Trinajstić information content (AvgIpc) is 1.65. The number of piperidine rings is 2. The molecule has 0 saturated carbocycles. The molecule has 6 amide bonds. The third-order valence-corrected chi connectivity index (χ3v) is 17.9. The molecule has 6 aromatic carbocycles. The van der Waals surface area contributed by atoms with E-state index in [2.05, 4.69) is 55.5 Å². The molecular weight excluding hydrogens is 1150 g/mol. The van der Waals surface area contributed by atoms with E-state index in [1.54, 1.807) is 111 Å². The van der Waals surface area contributed by atoms with Crippen molar-refractivity contribution in [3.63, 3.8) is 0 Å². The Labute approximate surface area is 536 Å². The minimum absolute atomic E-state index is 0.119. The van der Waals surface area contributed by atoms with Gasteiger partial charge in [0.05, 0.1) is 14.2 Å². The number of aliphatic hydroxyl groups is 1. The van der Waals surface area contributed by atoms with Crippen molar-refractivity contribution in [2.45, 2.75) is 180 Å². The van der Waals surface area contributed by atoms with Crippen molar-refractivity contribution in [1.29, 1.82) is 0 Å². The summed E-state index contributed by atoms with van der Waals surface area (Å²) >= 11 is 0. The summed E-state index contributed by atoms with van der Waals surface area (Å²) < 4.78 is 36.3. The summed E-state index contributed by atoms with van der Waals surface area (Å²) in [7, 11) is 3.09. The van der Waals surface area contributed by atoms with Crippen molar-refractivity contribution in [3.8, 4) is 46.0 Å². The SMILES string of the molecule is CCC(CC)NC(=O)Nc1ccc(Oc2ccc(NC(=O)c3ccc(OC45CCCC(CC4)N5C(C)C)cc3)cc2)c(OC)c1.CCC(CC)NC(=O)Nc1ccc(Oc2ccc(NC(=O)c3ccc(OC45CCCC(CC4)N5CCCO)cc3)cc2)c(OC)c1. The van der Waals surface area contributed by atoms with Gasteiger partial charge in [-0.3, -0.25) is 19.4 Å². The Hall–Kier alpha value is -8.52. The van der Waals surface area contributed by atoms with Gasteiger partial charge in [0.15, 0.2) is 34.4 Å². The molecule has 4 atom stereocenters. The van der Waals surface area contributed by atoms with Crippen LogP contribution in [0.5, 0.6) is 46.0 Å². The number of ether oxygens (including phenoxy) is 6. The fourth-order valence-corrected chi connectivity index (χ4v) is 13.2. The molecule has 4 bridgehead atoms. The van der Waals surface area contributed by atoms with Gasteiger partial charge in [-0.25, -0.2) is 9.59 Å². The van der Waals surface area contributed by atoms with Crippen LogP contribution in [0.25, 0.3) is 0 Å². The van der Waals surface area contributed by atoms with E-state index in [0.717, 1.165) is 88.7 Å². The van der Waals surface area contributed by atoms with Crippen LogP contribution in [0.1, 0.15) is 159 Å². The van der Waals surface area contributed by atoms with Gasteiger partial charge in [-0.2, -0.15) is 0 Å². The number of nitrogens with one attached hydrogen (secondary N) is 6. The molecule has 10 rings (SSSR count). The fourth-order valence-electron chi connectivity index (χ4n) is 13.2. The van der Waals surface area contributed by atoms with Crippen molar-refractivity contribution in [2.75, 3.05) is 48.6 Å². The maximum absolute atomic E-state index is 13.0. The summed E-state index contributed by atoms with van der Waals surface area (Å²) in [6.45, 7) is 13.7. The number of hydrogen-bond acceptors (Lipinski definition) is 13. The predicted molar refractivity (Wildman–Crippen MR) is 357 cm³/mol. The zero-order valence-electron chi connectivity index (χ0n) is 54.0. The fraction of sp³-hybridized carbons (Fsp3) is 0.444. The number of benzene rings is 6. The molecule has 0 spiro atoms. The molecule has 7 N–H and O–H groups in total. The largest absolute Gasteiger partial charge is 0.493 e. The summed E-state index contributed by atoms with van der Waals surface area (Å²) in [5.74, 6) is 4.20. The topological polar surface area (TPSA) is 223 Å². The quantitative estimate of drug-likeness (QED) is 0.0269. The molecule has 0 aliphatic carbocycles. The van der Waals surface area contributed by atoms with Crippen LogP contribution in [-0.4, -0.2) is 108 Å². The predicted octanol–water partition coefficient (Wildman–Crippen LogP) is 15.3. The molecule has 4 aliphatic rings. The lowest BCUT2D eigenvalue weighted by Crippen LogP contribution is -2.56. The molecule has 4 unspecified atom stereocenters. The van der Waals surface area contributed by atoms with Gasteiger partial charge < -0.3 is 65.4 Å². The van der Waals surface area contributed by atoms with Gasteiger partial charge in [0.2, 0.25) is 0 Å². The smallest absolute Gasteiger partial charge is 0.319 e. The molecule has 0 aromatic heterocycles. The maximum atomic E-state index is 13.0. The Morgan fingerprint density at radius 3 is 1.34 bits per heavy atom. The molecule has 19 nitrogen and oxygen atoms in total. The van der Waals surface area contributed by atoms with Gasteiger partial charge in [-0.05, 0) is 206 Å². The van der Waals surface area contributed by atoms with Crippen LogP contribution in [0, 0.1) is 0 Å². The molecule has 91 heavy (non-hydrogen) atoms. The van der Waals surface area contributed by atoms with Crippen LogP contribution in [0.3, 0.4) is 0 Å². The minimum Gasteiger partial charge on any atom is -0.493 e. The Morgan fingerprint density at radius 1 is 0.495 bits per heavy atom. The second-order valence-corrected chi connectivity index (χ2v) is 24.2. The molecule has 6 aromatic rings.